The molecular formula is C14H22N2O3. The molecule has 0 unspecified atom stereocenters. The number of carbonyl (C=O) groups excluding carboxylic acids is 1. The van der Waals surface area contributed by atoms with Gasteiger partial charge in [0.2, 0.25) is 5.91 Å². The number of anilines is 1. The number of hydrogen-bond donors (Lipinski definition) is 3. The highest BCUT2D eigenvalue weighted by Crippen LogP contribution is 2.14. The van der Waals surface area contributed by atoms with Crippen LogP contribution in [0.1, 0.15) is 26.7 Å². The van der Waals surface area contributed by atoms with Crippen LogP contribution in [-0.2, 0) is 4.79 Å². The Labute approximate surface area is 113 Å². The number of nitrogen functional groups attached to an aromatic ring is 1. The van der Waals surface area contributed by atoms with Gasteiger partial charge in [-0.2, -0.15) is 0 Å². The number of nitrogens with one attached hydrogen (secondary N) is 1. The molecule has 0 bridgehead atoms. The summed E-state index contributed by atoms with van der Waals surface area (Å²) in [6.07, 6.45) is 0.790. The first kappa shape index (κ1) is 15.3. The van der Waals surface area contributed by atoms with Crippen molar-refractivity contribution in [3.8, 4) is 5.75 Å². The van der Waals surface area contributed by atoms with Crippen LogP contribution in [0.2, 0.25) is 0 Å². The van der Waals surface area contributed by atoms with Gasteiger partial charge in [-0.05, 0) is 32.4 Å². The van der Waals surface area contributed by atoms with Crippen molar-refractivity contribution in [3.63, 3.8) is 0 Å². The van der Waals surface area contributed by atoms with Gasteiger partial charge in [0.1, 0.15) is 5.75 Å². The van der Waals surface area contributed by atoms with Gasteiger partial charge < -0.3 is 20.9 Å². The summed E-state index contributed by atoms with van der Waals surface area (Å²) in [6.45, 7) is 4.09. The van der Waals surface area contributed by atoms with Crippen molar-refractivity contribution in [2.24, 2.45) is 0 Å². The fourth-order valence-corrected chi connectivity index (χ4v) is 1.65. The molecule has 106 valence electrons. The number of hydrogen-bond acceptors (Lipinski definition) is 4. The first-order chi connectivity index (χ1) is 8.93. The van der Waals surface area contributed by atoms with Gasteiger partial charge in [-0.3, -0.25) is 4.79 Å². The zero-order valence-corrected chi connectivity index (χ0v) is 11.5. The second-order valence-electron chi connectivity index (χ2n) is 5.08. The molecular weight excluding hydrogens is 244 g/mol. The Bertz CT molecular complexity index is 419. The Balaban J connectivity index is 2.31. The minimum absolute atomic E-state index is 0.0487. The maximum atomic E-state index is 11.7. The molecule has 0 radical (unpaired) electrons. The number of aliphatic hydroxyl groups excluding tert-OH is 1. The molecule has 0 heterocycles. The zero-order chi connectivity index (χ0) is 14.3. The maximum absolute atomic E-state index is 11.7. The molecule has 1 amide bonds. The van der Waals surface area contributed by atoms with E-state index >= 15 is 0 Å². The van der Waals surface area contributed by atoms with Crippen LogP contribution in [0, 0.1) is 0 Å². The molecule has 0 aliphatic carbocycles. The quantitative estimate of drug-likeness (QED) is 0.650. The van der Waals surface area contributed by atoms with E-state index in [4.69, 9.17) is 15.6 Å². The third-order valence-corrected chi connectivity index (χ3v) is 2.67. The van der Waals surface area contributed by atoms with Crippen molar-refractivity contribution in [1.29, 1.82) is 0 Å². The van der Waals surface area contributed by atoms with Crippen molar-refractivity contribution >= 4 is 11.6 Å². The van der Waals surface area contributed by atoms with E-state index in [1.54, 1.807) is 24.3 Å². The number of benzene rings is 1. The van der Waals surface area contributed by atoms with Crippen molar-refractivity contribution in [2.45, 2.75) is 32.2 Å². The Hall–Kier alpha value is -1.75. The summed E-state index contributed by atoms with van der Waals surface area (Å²) in [5.41, 5.74) is 5.85. The molecule has 1 aromatic rings. The molecule has 0 atom stereocenters. The molecule has 5 nitrogen and oxygen atoms in total. The molecule has 0 aromatic heterocycles. The van der Waals surface area contributed by atoms with E-state index in [2.05, 4.69) is 5.32 Å². The Morgan fingerprint density at radius 1 is 1.47 bits per heavy atom. The highest BCUT2D eigenvalue weighted by molar-refractivity contribution is 5.76. The van der Waals surface area contributed by atoms with E-state index in [0.717, 1.165) is 0 Å². The molecule has 5 heteroatoms. The second-order valence-corrected chi connectivity index (χ2v) is 5.08. The highest BCUT2D eigenvalue weighted by Gasteiger charge is 2.19. The van der Waals surface area contributed by atoms with E-state index in [-0.39, 0.29) is 18.9 Å². The predicted molar refractivity (Wildman–Crippen MR) is 74.9 cm³/mol. The zero-order valence-electron chi connectivity index (χ0n) is 11.5. The molecule has 0 saturated carbocycles. The van der Waals surface area contributed by atoms with E-state index in [0.29, 0.717) is 24.5 Å². The third-order valence-electron chi connectivity index (χ3n) is 2.67. The van der Waals surface area contributed by atoms with Crippen molar-refractivity contribution in [1.82, 2.24) is 5.32 Å². The van der Waals surface area contributed by atoms with Gasteiger partial charge >= 0.3 is 0 Å². The Morgan fingerprint density at radius 3 is 2.84 bits per heavy atom. The van der Waals surface area contributed by atoms with Crippen molar-refractivity contribution < 1.29 is 14.6 Å². The Kier molecular flexibility index (Phi) is 5.63. The van der Waals surface area contributed by atoms with Crippen LogP contribution in [0.25, 0.3) is 0 Å². The first-order valence-corrected chi connectivity index (χ1v) is 6.33. The molecule has 0 saturated heterocycles. The highest BCUT2D eigenvalue weighted by atomic mass is 16.5. The molecule has 0 spiro atoms. The van der Waals surface area contributed by atoms with Crippen LogP contribution in [0.3, 0.4) is 0 Å². The second kappa shape index (κ2) is 6.99. The fourth-order valence-electron chi connectivity index (χ4n) is 1.65. The van der Waals surface area contributed by atoms with Crippen LogP contribution >= 0.6 is 0 Å². The lowest BCUT2D eigenvalue weighted by Crippen LogP contribution is -2.44. The lowest BCUT2D eigenvalue weighted by atomic mass is 10.0. The lowest BCUT2D eigenvalue weighted by molar-refractivity contribution is -0.123. The van der Waals surface area contributed by atoms with Crippen molar-refractivity contribution in [3.05, 3.63) is 24.3 Å². The fraction of sp³-hybridized carbons (Fsp3) is 0.500. The molecule has 1 aromatic carbocycles. The van der Waals surface area contributed by atoms with E-state index < -0.39 is 5.54 Å². The Morgan fingerprint density at radius 2 is 2.21 bits per heavy atom. The molecule has 0 aliphatic rings. The molecule has 0 fully saturated rings. The third kappa shape index (κ3) is 6.10. The minimum Gasteiger partial charge on any atom is -0.493 e. The van der Waals surface area contributed by atoms with Crippen LogP contribution < -0.4 is 15.8 Å². The SMILES string of the molecule is CC(C)(CCO)NC(=O)CCOc1cccc(N)c1. The van der Waals surface area contributed by atoms with E-state index in [9.17, 15) is 4.79 Å². The summed E-state index contributed by atoms with van der Waals surface area (Å²) in [4.78, 5) is 11.7. The monoisotopic (exact) mass is 266 g/mol. The summed E-state index contributed by atoms with van der Waals surface area (Å²) in [5, 5.41) is 11.7. The van der Waals surface area contributed by atoms with Gasteiger partial charge in [0.15, 0.2) is 0 Å². The van der Waals surface area contributed by atoms with Crippen LogP contribution in [-0.4, -0.2) is 29.8 Å². The largest absolute Gasteiger partial charge is 0.493 e. The smallest absolute Gasteiger partial charge is 0.223 e. The summed E-state index contributed by atoms with van der Waals surface area (Å²) >= 11 is 0. The standard InChI is InChI=1S/C14H22N2O3/c1-14(2,7-8-17)16-13(18)6-9-19-12-5-3-4-11(15)10-12/h3-5,10,17H,6-9,15H2,1-2H3,(H,16,18). The number of nitrogens with two attached hydrogens (primary N) is 1. The number of ether oxygens (including phenoxy) is 1. The maximum Gasteiger partial charge on any atom is 0.223 e. The topological polar surface area (TPSA) is 84.6 Å². The van der Waals surface area contributed by atoms with Crippen molar-refractivity contribution in [2.75, 3.05) is 18.9 Å². The summed E-state index contributed by atoms with van der Waals surface area (Å²) in [6, 6.07) is 7.09. The summed E-state index contributed by atoms with van der Waals surface area (Å²) in [5.74, 6) is 0.560. The van der Waals surface area contributed by atoms with Crippen LogP contribution in [0.4, 0.5) is 5.69 Å². The minimum atomic E-state index is -0.400. The number of rotatable bonds is 7. The number of aliphatic hydroxyl groups is 1. The van der Waals surface area contributed by atoms with Gasteiger partial charge in [0, 0.05) is 23.9 Å². The average Bonchev–Trinajstić information content (AvgIpc) is 2.27. The van der Waals surface area contributed by atoms with E-state index in [1.165, 1.54) is 0 Å². The molecule has 0 aliphatic heterocycles. The van der Waals surface area contributed by atoms with Crippen LogP contribution in [0.15, 0.2) is 24.3 Å². The van der Waals surface area contributed by atoms with Gasteiger partial charge in [0.25, 0.3) is 0 Å². The summed E-state index contributed by atoms with van der Waals surface area (Å²) in [7, 11) is 0. The average molecular weight is 266 g/mol. The number of amides is 1. The molecule has 1 rings (SSSR count). The van der Waals surface area contributed by atoms with Gasteiger partial charge in [-0.25, -0.2) is 0 Å². The number of carbonyl (C=O) groups is 1. The van der Waals surface area contributed by atoms with Gasteiger partial charge in [-0.15, -0.1) is 0 Å². The van der Waals surface area contributed by atoms with E-state index in [1.807, 2.05) is 13.8 Å². The summed E-state index contributed by atoms with van der Waals surface area (Å²) < 4.78 is 5.44. The predicted octanol–water partition coefficient (Wildman–Crippen LogP) is 1.31. The lowest BCUT2D eigenvalue weighted by Gasteiger charge is -2.25. The van der Waals surface area contributed by atoms with Crippen LogP contribution in [0.5, 0.6) is 5.75 Å². The van der Waals surface area contributed by atoms with Gasteiger partial charge in [-0.1, -0.05) is 6.07 Å². The molecule has 19 heavy (non-hydrogen) atoms. The van der Waals surface area contributed by atoms with Gasteiger partial charge in [0.05, 0.1) is 13.0 Å². The normalized spacial score (nSPS) is 11.1. The first-order valence-electron chi connectivity index (χ1n) is 6.33. The molecule has 4 N–H and O–H groups in total.